The van der Waals surface area contributed by atoms with Gasteiger partial charge < -0.3 is 33.6 Å². The number of ether oxygens (including phenoxy) is 5. The Bertz CT molecular complexity index is 2570. The summed E-state index contributed by atoms with van der Waals surface area (Å²) in [6, 6.07) is 21.4. The van der Waals surface area contributed by atoms with Crippen LogP contribution in [0, 0.1) is 34.3 Å². The Morgan fingerprint density at radius 2 is 0.855 bits per heavy atom. The van der Waals surface area contributed by atoms with Gasteiger partial charge in [-0.25, -0.2) is 6.57 Å². The summed E-state index contributed by atoms with van der Waals surface area (Å²) < 4.78 is 187. The first-order valence-electron chi connectivity index (χ1n) is 24.4. The van der Waals surface area contributed by atoms with Crippen LogP contribution in [0.1, 0.15) is 122 Å². The van der Waals surface area contributed by atoms with Crippen LogP contribution in [0.15, 0.2) is 84.9 Å². The number of halogens is 12. The second-order valence-corrected chi connectivity index (χ2v) is 18.4. The number of rotatable bonds is 23. The molecule has 420 valence electrons. The van der Waals surface area contributed by atoms with Gasteiger partial charge in [-0.1, -0.05) is 101 Å². The van der Waals surface area contributed by atoms with Crippen molar-refractivity contribution in [3.8, 4) is 11.5 Å². The predicted octanol–water partition coefficient (Wildman–Crippen LogP) is 16.6. The van der Waals surface area contributed by atoms with Crippen LogP contribution in [0.2, 0.25) is 0 Å². The molecule has 0 fully saturated rings. The van der Waals surface area contributed by atoms with Gasteiger partial charge in [-0.15, -0.1) is 0 Å². The number of benzene rings is 4. The smallest absolute Gasteiger partial charge is 0.430 e. The van der Waals surface area contributed by atoms with Gasteiger partial charge >= 0.3 is 24.7 Å². The van der Waals surface area contributed by atoms with Crippen LogP contribution in [0.4, 0.5) is 52.7 Å². The van der Waals surface area contributed by atoms with Gasteiger partial charge in [0.1, 0.15) is 25.1 Å². The summed E-state index contributed by atoms with van der Waals surface area (Å²) in [4.78, 5) is 3.34. The van der Waals surface area contributed by atoms with Crippen molar-refractivity contribution in [3.63, 3.8) is 0 Å². The van der Waals surface area contributed by atoms with E-state index in [2.05, 4.69) is 29.9 Å². The highest BCUT2D eigenvalue weighted by Crippen LogP contribution is 2.50. The molecule has 4 aromatic rings. The van der Waals surface area contributed by atoms with E-state index in [0.29, 0.717) is 55.5 Å². The van der Waals surface area contributed by atoms with Gasteiger partial charge in [0.2, 0.25) is 6.54 Å². The van der Waals surface area contributed by atoms with E-state index in [1.807, 2.05) is 65.0 Å². The number of hydrogen-bond donors (Lipinski definition) is 1. The summed E-state index contributed by atoms with van der Waals surface area (Å²) >= 11 is 0. The maximum atomic E-state index is 13.7. The van der Waals surface area contributed by atoms with E-state index in [1.165, 1.54) is 12.1 Å². The van der Waals surface area contributed by atoms with Crippen molar-refractivity contribution in [1.29, 1.82) is 0 Å². The standard InChI is InChI=1S/C31H37F6NO3.C26H30F6O3/c1-7-28(8-2,26-13-14-27(23(4)20-26)40-18-10-9-17-38-5)25-12-11-24(22(3)19-25)15-16-29(30(32,33)34,31(35,36)37)41-21-39-6;1-6-23(7-2,21-10-11-22(33)18(4)15-21)20-9-8-19(17(3)14-20)12-13-24(25(27,28)29,26(30,31)32)35-16-34-5/h11-16,19-20H,7-10,17-18,21H2,1-4,6H3;8-15,33H,6-7,16H2,1-5H3/b16-15+;13-12+. The number of unbranched alkanes of at least 4 members (excludes halogenated alkanes) is 1. The van der Waals surface area contributed by atoms with Crippen molar-refractivity contribution in [2.45, 2.75) is 141 Å². The lowest BCUT2D eigenvalue weighted by Gasteiger charge is -2.35. The lowest BCUT2D eigenvalue weighted by molar-refractivity contribution is -0.372. The Balaban J connectivity index is 0.000000405. The minimum Gasteiger partial charge on any atom is -0.508 e. The molecule has 0 heterocycles. The molecule has 1 N–H and O–H groups in total. The molecule has 0 aliphatic carbocycles. The number of hydrogen-bond acceptors (Lipinski definition) is 6. The summed E-state index contributed by atoms with van der Waals surface area (Å²) in [5, 5.41) is 9.91. The molecule has 0 bridgehead atoms. The van der Waals surface area contributed by atoms with Crippen LogP contribution in [0.3, 0.4) is 0 Å². The lowest BCUT2D eigenvalue weighted by atomic mass is 9.70. The van der Waals surface area contributed by atoms with E-state index in [-0.39, 0.29) is 29.0 Å². The molecule has 0 spiro atoms. The number of alkyl halides is 12. The van der Waals surface area contributed by atoms with Gasteiger partial charge in [0.05, 0.1) is 6.61 Å². The molecule has 4 aromatic carbocycles. The zero-order chi connectivity index (χ0) is 57.6. The van der Waals surface area contributed by atoms with Crippen LogP contribution in [-0.4, -0.2) is 82.0 Å². The minimum atomic E-state index is -5.76. The molecule has 0 atom stereocenters. The molecule has 0 amide bonds. The molecular formula is C57H67F12NO6. The second kappa shape index (κ2) is 26.7. The van der Waals surface area contributed by atoms with Crippen molar-refractivity contribution < 1.29 is 81.5 Å². The van der Waals surface area contributed by atoms with Crippen molar-refractivity contribution in [2.75, 3.05) is 41.0 Å². The molecule has 0 aromatic heterocycles. The van der Waals surface area contributed by atoms with E-state index >= 15 is 0 Å². The summed E-state index contributed by atoms with van der Waals surface area (Å²) in [7, 11) is 1.88. The van der Waals surface area contributed by atoms with E-state index in [1.54, 1.807) is 45.0 Å². The average Bonchev–Trinajstić information content (AvgIpc) is 3.34. The molecule has 76 heavy (non-hydrogen) atoms. The maximum absolute atomic E-state index is 13.7. The molecule has 19 heteroatoms. The maximum Gasteiger partial charge on any atom is 0.430 e. The molecule has 0 aliphatic rings. The quantitative estimate of drug-likeness (QED) is 0.0345. The van der Waals surface area contributed by atoms with Gasteiger partial charge in [0.15, 0.2) is 0 Å². The third kappa shape index (κ3) is 14.3. The first kappa shape index (κ1) is 64.7. The summed E-state index contributed by atoms with van der Waals surface area (Å²) in [5.41, 5.74) is -3.08. The Morgan fingerprint density at radius 3 is 1.17 bits per heavy atom. The number of nitrogens with zero attached hydrogens (tertiary/aromatic N) is 1. The van der Waals surface area contributed by atoms with Crippen molar-refractivity contribution in [1.82, 2.24) is 0 Å². The molecule has 0 aliphatic heterocycles. The number of phenols is 1. The number of aryl methyl sites for hydroxylation is 4. The fourth-order valence-corrected chi connectivity index (χ4v) is 9.17. The first-order valence-corrected chi connectivity index (χ1v) is 24.4. The number of aromatic hydroxyl groups is 1. The molecule has 0 unspecified atom stereocenters. The van der Waals surface area contributed by atoms with Gasteiger partial charge in [-0.3, -0.25) is 0 Å². The Morgan fingerprint density at radius 1 is 0.500 bits per heavy atom. The van der Waals surface area contributed by atoms with Crippen LogP contribution >= 0.6 is 0 Å². The van der Waals surface area contributed by atoms with Gasteiger partial charge in [0.25, 0.3) is 11.2 Å². The zero-order valence-electron chi connectivity index (χ0n) is 44.3. The number of methoxy groups -OCH3 is 2. The summed E-state index contributed by atoms with van der Waals surface area (Å²) in [6.45, 7) is 20.5. The molecule has 0 radical (unpaired) electrons. The average molecular weight is 1090 g/mol. The fourth-order valence-electron chi connectivity index (χ4n) is 9.17. The zero-order valence-corrected chi connectivity index (χ0v) is 44.3. The highest BCUT2D eigenvalue weighted by Gasteiger charge is 2.72. The molecule has 0 saturated carbocycles. The summed E-state index contributed by atoms with van der Waals surface area (Å²) in [5.74, 6) is 0.919. The Kier molecular flexibility index (Phi) is 22.7. The van der Waals surface area contributed by atoms with E-state index in [9.17, 15) is 57.8 Å². The molecule has 7 nitrogen and oxygen atoms in total. The van der Waals surface area contributed by atoms with E-state index in [0.717, 1.165) is 72.8 Å². The van der Waals surface area contributed by atoms with E-state index < -0.39 is 60.3 Å². The van der Waals surface area contributed by atoms with Crippen molar-refractivity contribution in [2.24, 2.45) is 0 Å². The van der Waals surface area contributed by atoms with Crippen LogP contribution in [-0.2, 0) is 29.8 Å². The number of phenolic OH excluding ortho intramolecular Hbond substituents is 1. The molecule has 0 saturated heterocycles. The first-order chi connectivity index (χ1) is 35.4. The third-order valence-corrected chi connectivity index (χ3v) is 13.9. The van der Waals surface area contributed by atoms with Crippen molar-refractivity contribution in [3.05, 3.63) is 152 Å². The monoisotopic (exact) mass is 1090 g/mol. The van der Waals surface area contributed by atoms with Crippen molar-refractivity contribution >= 4 is 12.2 Å². The van der Waals surface area contributed by atoms with E-state index in [4.69, 9.17) is 11.3 Å². The fraction of sp³-hybridized carbons (Fsp3) is 0.491. The van der Waals surface area contributed by atoms with Crippen LogP contribution in [0.5, 0.6) is 11.5 Å². The Hall–Kier alpha value is -5.55. The highest BCUT2D eigenvalue weighted by molar-refractivity contribution is 5.59. The largest absolute Gasteiger partial charge is 0.508 e. The SMILES string of the molecule is CCC(CC)(c1ccc(O)c(C)c1)c1ccc(/C=C/C(OCOC)(C(F)(F)F)C(F)(F)F)c(C)c1.[C-]#[N+]CCCCOc1ccc(C(CC)(CC)c2ccc(/C=C/C(OCOC)(C(F)(F)F)C(F)(F)F)c(C)c2)cc1C. The topological polar surface area (TPSA) is 70.7 Å². The predicted molar refractivity (Wildman–Crippen MR) is 269 cm³/mol. The van der Waals surface area contributed by atoms with Gasteiger partial charge in [0, 0.05) is 31.5 Å². The lowest BCUT2D eigenvalue weighted by Crippen LogP contribution is -2.57. The molecular weight excluding hydrogens is 1020 g/mol. The highest BCUT2D eigenvalue weighted by atomic mass is 19.4. The van der Waals surface area contributed by atoms with Crippen LogP contribution in [0.25, 0.3) is 17.0 Å². The van der Waals surface area contributed by atoms with Gasteiger partial charge in [-0.2, -0.15) is 52.7 Å². The third-order valence-electron chi connectivity index (χ3n) is 13.9. The molecule has 4 rings (SSSR count). The summed E-state index contributed by atoms with van der Waals surface area (Å²) in [6.07, 6.45) is -17.1. The minimum absolute atomic E-state index is 0.00466. The second-order valence-electron chi connectivity index (χ2n) is 18.4. The van der Waals surface area contributed by atoms with Gasteiger partial charge in [-0.05, 0) is 140 Å². The Labute approximate surface area is 437 Å². The van der Waals surface area contributed by atoms with Crippen LogP contribution < -0.4 is 4.74 Å². The normalized spacial score (nSPS) is 13.3.